The molecule has 0 aliphatic rings. The van der Waals surface area contributed by atoms with Crippen molar-refractivity contribution in [3.63, 3.8) is 0 Å². The molecule has 0 aliphatic carbocycles. The maximum absolute atomic E-state index is 12.9. The lowest BCUT2D eigenvalue weighted by Crippen LogP contribution is -2.22. The maximum Gasteiger partial charge on any atom is 0.286 e. The third-order valence-electron chi connectivity index (χ3n) is 3.86. The van der Waals surface area contributed by atoms with Gasteiger partial charge in [-0.15, -0.1) is 10.2 Å². The number of benzene rings is 1. The molecule has 0 aliphatic heterocycles. The van der Waals surface area contributed by atoms with Gasteiger partial charge in [-0.1, -0.05) is 19.4 Å². The number of H-pyrrole nitrogens is 1. The van der Waals surface area contributed by atoms with Crippen molar-refractivity contribution < 1.29 is 13.2 Å². The summed E-state index contributed by atoms with van der Waals surface area (Å²) >= 11 is 5.27. The molecule has 9 nitrogen and oxygen atoms in total. The average molecular weight is 440 g/mol. The lowest BCUT2D eigenvalue weighted by atomic mass is 10.2. The molecule has 0 fully saturated rings. The molecule has 2 N–H and O–H groups in total. The minimum atomic E-state index is -3.51. The van der Waals surface area contributed by atoms with E-state index in [2.05, 4.69) is 19.9 Å². The van der Waals surface area contributed by atoms with E-state index >= 15 is 0 Å². The number of anilines is 1. The number of rotatable bonds is 9. The van der Waals surface area contributed by atoms with E-state index in [1.54, 1.807) is 25.1 Å². The Hall–Kier alpha value is -2.53. The van der Waals surface area contributed by atoms with Crippen molar-refractivity contribution in [3.8, 4) is 5.88 Å². The zero-order chi connectivity index (χ0) is 21.6. The van der Waals surface area contributed by atoms with Crippen molar-refractivity contribution in [2.45, 2.75) is 40.2 Å². The lowest BCUT2D eigenvalue weighted by Gasteiger charge is -2.11. The van der Waals surface area contributed by atoms with Gasteiger partial charge in [-0.3, -0.25) is 14.1 Å². The molecule has 0 saturated carbocycles. The normalized spacial score (nSPS) is 11.7. The predicted molar refractivity (Wildman–Crippen MR) is 116 cm³/mol. The van der Waals surface area contributed by atoms with Crippen LogP contribution in [0.3, 0.4) is 0 Å². The summed E-state index contributed by atoms with van der Waals surface area (Å²) in [4.78, 5) is 15.8. The molecule has 1 heterocycles. The van der Waals surface area contributed by atoms with Gasteiger partial charge in [0, 0.05) is 6.54 Å². The number of aromatic nitrogens is 2. The van der Waals surface area contributed by atoms with Gasteiger partial charge in [-0.2, -0.15) is 0 Å². The Morgan fingerprint density at radius 3 is 2.62 bits per heavy atom. The molecule has 0 amide bonds. The summed E-state index contributed by atoms with van der Waals surface area (Å²) in [6.07, 6.45) is 2.72. The van der Waals surface area contributed by atoms with Crippen molar-refractivity contribution in [1.82, 2.24) is 9.55 Å². The quantitative estimate of drug-likeness (QED) is 0.448. The molecule has 2 rings (SSSR count). The third-order valence-corrected chi connectivity index (χ3v) is 4.77. The van der Waals surface area contributed by atoms with E-state index in [0.717, 1.165) is 24.7 Å². The monoisotopic (exact) mass is 439 g/mol. The Labute approximate surface area is 174 Å². The maximum atomic E-state index is 12.9. The Morgan fingerprint density at radius 1 is 1.28 bits per heavy atom. The third kappa shape index (κ3) is 6.23. The zero-order valence-corrected chi connectivity index (χ0v) is 18.5. The van der Waals surface area contributed by atoms with Gasteiger partial charge in [-0.05, 0) is 50.2 Å². The second-order valence-electron chi connectivity index (χ2n) is 6.45. The molecular formula is C18H25N5O4S2. The Bertz CT molecular complexity index is 1120. The number of azo groups is 1. The van der Waals surface area contributed by atoms with E-state index in [0.29, 0.717) is 13.2 Å². The van der Waals surface area contributed by atoms with Gasteiger partial charge < -0.3 is 9.72 Å². The summed E-state index contributed by atoms with van der Waals surface area (Å²) in [5.41, 5.74) is 0.953. The first-order chi connectivity index (χ1) is 13.7. The van der Waals surface area contributed by atoms with Gasteiger partial charge in [0.25, 0.3) is 5.56 Å². The van der Waals surface area contributed by atoms with Gasteiger partial charge in [0.15, 0.2) is 4.77 Å². The Morgan fingerprint density at radius 2 is 2.00 bits per heavy atom. The highest BCUT2D eigenvalue weighted by atomic mass is 32.2. The fourth-order valence-corrected chi connectivity index (χ4v) is 3.35. The van der Waals surface area contributed by atoms with Crippen molar-refractivity contribution in [3.05, 3.63) is 38.9 Å². The molecular weight excluding hydrogens is 414 g/mol. The van der Waals surface area contributed by atoms with Crippen LogP contribution in [0.1, 0.15) is 32.3 Å². The van der Waals surface area contributed by atoms with Crippen molar-refractivity contribution in [2.75, 3.05) is 17.6 Å². The predicted octanol–water partition coefficient (Wildman–Crippen LogP) is 4.20. The molecule has 2 aromatic rings. The molecule has 0 unspecified atom stereocenters. The molecule has 1 aromatic carbocycles. The van der Waals surface area contributed by atoms with Crippen LogP contribution in [0.5, 0.6) is 5.88 Å². The van der Waals surface area contributed by atoms with Crippen molar-refractivity contribution in [1.29, 1.82) is 0 Å². The van der Waals surface area contributed by atoms with Gasteiger partial charge in [0.05, 0.1) is 18.6 Å². The zero-order valence-electron chi connectivity index (χ0n) is 16.9. The highest BCUT2D eigenvalue weighted by Crippen LogP contribution is 2.30. The Balaban J connectivity index is 2.58. The van der Waals surface area contributed by atoms with Crippen LogP contribution >= 0.6 is 12.2 Å². The molecule has 0 bridgehead atoms. The van der Waals surface area contributed by atoms with Crippen LogP contribution in [-0.4, -0.2) is 30.8 Å². The lowest BCUT2D eigenvalue weighted by molar-refractivity contribution is 0.324. The molecule has 0 saturated heterocycles. The Kier molecular flexibility index (Phi) is 7.68. The minimum Gasteiger partial charge on any atom is -0.478 e. The van der Waals surface area contributed by atoms with Crippen LogP contribution in [0.15, 0.2) is 33.2 Å². The number of aromatic amines is 1. The van der Waals surface area contributed by atoms with Crippen LogP contribution in [0, 0.1) is 11.7 Å². The smallest absolute Gasteiger partial charge is 0.286 e. The molecule has 0 radical (unpaired) electrons. The summed E-state index contributed by atoms with van der Waals surface area (Å²) in [5.74, 6) is 0.129. The summed E-state index contributed by atoms with van der Waals surface area (Å²) in [7, 11) is -3.51. The number of ether oxygens (including phenoxy) is 1. The van der Waals surface area contributed by atoms with Crippen LogP contribution < -0.4 is 15.0 Å². The van der Waals surface area contributed by atoms with Gasteiger partial charge >= 0.3 is 0 Å². The van der Waals surface area contributed by atoms with Crippen LogP contribution in [-0.2, 0) is 16.6 Å². The van der Waals surface area contributed by atoms with Crippen molar-refractivity contribution in [2.24, 2.45) is 10.2 Å². The first-order valence-corrected chi connectivity index (χ1v) is 11.5. The van der Waals surface area contributed by atoms with Crippen LogP contribution in [0.25, 0.3) is 0 Å². The number of sulfonamides is 1. The molecule has 158 valence electrons. The molecule has 29 heavy (non-hydrogen) atoms. The van der Waals surface area contributed by atoms with E-state index in [9.17, 15) is 13.2 Å². The summed E-state index contributed by atoms with van der Waals surface area (Å²) < 4.78 is 32.8. The number of nitrogens with zero attached hydrogens (tertiary/aromatic N) is 3. The number of nitrogens with one attached hydrogen (secondary N) is 2. The van der Waals surface area contributed by atoms with Gasteiger partial charge in [0.2, 0.25) is 21.6 Å². The minimum absolute atomic E-state index is 0.0247. The topological polar surface area (TPSA) is 118 Å². The van der Waals surface area contributed by atoms with E-state index in [1.807, 2.05) is 13.8 Å². The summed E-state index contributed by atoms with van der Waals surface area (Å²) in [5, 5.41) is 8.22. The van der Waals surface area contributed by atoms with E-state index in [-0.39, 0.29) is 27.7 Å². The second-order valence-corrected chi connectivity index (χ2v) is 8.58. The van der Waals surface area contributed by atoms with E-state index in [4.69, 9.17) is 17.0 Å². The SMILES string of the molecule is CCCCn1c(=S)[nH]c(OCC)c(/N=N/c2cc(C)ccc2NS(C)(=O)=O)c1=O. The van der Waals surface area contributed by atoms with Gasteiger partial charge in [-0.25, -0.2) is 8.42 Å². The highest BCUT2D eigenvalue weighted by molar-refractivity contribution is 7.92. The number of hydrogen-bond donors (Lipinski definition) is 2. The first-order valence-electron chi connectivity index (χ1n) is 9.16. The van der Waals surface area contributed by atoms with E-state index in [1.165, 1.54) is 4.57 Å². The number of aryl methyl sites for hydroxylation is 1. The number of unbranched alkanes of at least 4 members (excludes halogenated alkanes) is 1. The standard InChI is InChI=1S/C18H25N5O4S2/c1-5-7-10-23-17(24)15(16(27-6-2)19-18(23)28)21-20-14-11-12(3)8-9-13(14)22-29(4,25)26/h8-9,11,22H,5-7,10H2,1-4H3,(H,19,28)/b21-20+. The average Bonchev–Trinajstić information content (AvgIpc) is 2.62. The summed E-state index contributed by atoms with van der Waals surface area (Å²) in [6, 6.07) is 5.00. The highest BCUT2D eigenvalue weighted by Gasteiger charge is 2.14. The van der Waals surface area contributed by atoms with Crippen molar-refractivity contribution >= 4 is 39.3 Å². The number of hydrogen-bond acceptors (Lipinski definition) is 7. The summed E-state index contributed by atoms with van der Waals surface area (Å²) in [6.45, 7) is 6.38. The molecule has 1 aromatic heterocycles. The van der Waals surface area contributed by atoms with Gasteiger partial charge in [0.1, 0.15) is 5.69 Å². The second kappa shape index (κ2) is 9.79. The van der Waals surface area contributed by atoms with E-state index < -0.39 is 15.6 Å². The van der Waals surface area contributed by atoms with Crippen LogP contribution in [0.4, 0.5) is 17.1 Å². The largest absolute Gasteiger partial charge is 0.478 e. The molecule has 0 atom stereocenters. The molecule has 11 heteroatoms. The first kappa shape index (κ1) is 22.8. The van der Waals surface area contributed by atoms with Crippen LogP contribution in [0.2, 0.25) is 0 Å². The fourth-order valence-electron chi connectivity index (χ4n) is 2.51. The fraction of sp³-hybridized carbons (Fsp3) is 0.444. The molecule has 0 spiro atoms.